The molecule has 144 valence electrons. The summed E-state index contributed by atoms with van der Waals surface area (Å²) in [6, 6.07) is 12.3. The molecule has 4 N–H and O–H groups in total. The number of carbonyl (C=O) groups is 2. The van der Waals surface area contributed by atoms with Crippen molar-refractivity contribution in [3.05, 3.63) is 70.9 Å². The molecule has 1 fully saturated rings. The zero-order valence-electron chi connectivity index (χ0n) is 15.3. The minimum Gasteiger partial charge on any atom is -0.388 e. The molecular weight excluding hydrogens is 358 g/mol. The number of benzene rings is 2. The van der Waals surface area contributed by atoms with Gasteiger partial charge in [0.2, 0.25) is 0 Å². The normalized spacial score (nSPS) is 27.3. The summed E-state index contributed by atoms with van der Waals surface area (Å²) in [5.74, 6) is -0.404. The van der Waals surface area contributed by atoms with Crippen molar-refractivity contribution < 1.29 is 24.9 Å². The van der Waals surface area contributed by atoms with E-state index in [9.17, 15) is 24.9 Å². The monoisotopic (exact) mass is 379 g/mol. The first-order valence-electron chi connectivity index (χ1n) is 9.19. The van der Waals surface area contributed by atoms with E-state index in [1.54, 1.807) is 19.1 Å². The molecule has 0 bridgehead atoms. The van der Waals surface area contributed by atoms with Gasteiger partial charge in [0, 0.05) is 29.3 Å². The first-order chi connectivity index (χ1) is 13.4. The topological polar surface area (TPSA) is 107 Å². The zero-order chi connectivity index (χ0) is 20.0. The lowest BCUT2D eigenvalue weighted by Gasteiger charge is -2.36. The van der Waals surface area contributed by atoms with Gasteiger partial charge in [-0.3, -0.25) is 9.59 Å². The molecule has 0 spiro atoms. The van der Waals surface area contributed by atoms with Crippen LogP contribution in [0.3, 0.4) is 0 Å². The lowest BCUT2D eigenvalue weighted by Crippen LogP contribution is -2.57. The van der Waals surface area contributed by atoms with Gasteiger partial charge < -0.3 is 20.6 Å². The van der Waals surface area contributed by atoms with Gasteiger partial charge in [0.25, 0.3) is 0 Å². The molecule has 28 heavy (non-hydrogen) atoms. The van der Waals surface area contributed by atoms with Gasteiger partial charge in [-0.25, -0.2) is 0 Å². The number of aliphatic hydroxyl groups is 3. The van der Waals surface area contributed by atoms with Gasteiger partial charge in [-0.2, -0.15) is 0 Å². The number of hydrogen-bond donors (Lipinski definition) is 4. The van der Waals surface area contributed by atoms with Crippen molar-refractivity contribution in [2.75, 3.05) is 0 Å². The molecular formula is C22H21NO5. The highest BCUT2D eigenvalue weighted by molar-refractivity contribution is 6.22. The Morgan fingerprint density at radius 2 is 1.68 bits per heavy atom. The second kappa shape index (κ2) is 6.98. The number of nitrogens with one attached hydrogen (secondary N) is 1. The van der Waals surface area contributed by atoms with Gasteiger partial charge in [-0.1, -0.05) is 42.5 Å². The van der Waals surface area contributed by atoms with Gasteiger partial charge >= 0.3 is 0 Å². The number of ketones is 2. The molecule has 1 aliphatic heterocycles. The fourth-order valence-electron chi connectivity index (χ4n) is 3.93. The number of fused-ring (bicyclic) bond motifs is 3. The van der Waals surface area contributed by atoms with Crippen LogP contribution in [0.4, 0.5) is 0 Å². The van der Waals surface area contributed by atoms with Crippen LogP contribution in [-0.4, -0.2) is 51.2 Å². The van der Waals surface area contributed by atoms with E-state index < -0.39 is 24.4 Å². The summed E-state index contributed by atoms with van der Waals surface area (Å²) in [6.45, 7) is 1.65. The summed E-state index contributed by atoms with van der Waals surface area (Å²) in [7, 11) is 0. The number of rotatable bonds is 3. The van der Waals surface area contributed by atoms with Crippen molar-refractivity contribution in [2.24, 2.45) is 0 Å². The van der Waals surface area contributed by atoms with Crippen LogP contribution in [0, 0.1) is 0 Å². The fourth-order valence-corrected chi connectivity index (χ4v) is 3.93. The largest absolute Gasteiger partial charge is 0.388 e. The number of carbonyl (C=O) groups excluding carboxylic acids is 2. The predicted octanol–water partition coefficient (Wildman–Crippen LogP) is 0.968. The van der Waals surface area contributed by atoms with E-state index in [1.807, 2.05) is 30.3 Å². The molecule has 0 saturated carbocycles. The molecule has 0 radical (unpaired) electrons. The van der Waals surface area contributed by atoms with Crippen molar-refractivity contribution >= 4 is 11.6 Å². The number of hydrogen-bond acceptors (Lipinski definition) is 6. The van der Waals surface area contributed by atoms with Crippen molar-refractivity contribution in [3.63, 3.8) is 0 Å². The highest BCUT2D eigenvalue weighted by Gasteiger charge is 2.37. The quantitative estimate of drug-likeness (QED) is 0.505. The second-order valence-corrected chi connectivity index (χ2v) is 7.32. The predicted molar refractivity (Wildman–Crippen MR) is 103 cm³/mol. The molecule has 2 aromatic rings. The molecule has 6 nitrogen and oxygen atoms in total. The molecule has 1 aliphatic carbocycles. The van der Waals surface area contributed by atoms with Crippen LogP contribution in [0.2, 0.25) is 0 Å². The van der Waals surface area contributed by atoms with Crippen molar-refractivity contribution in [1.82, 2.24) is 5.32 Å². The molecule has 0 unspecified atom stereocenters. The lowest BCUT2D eigenvalue weighted by molar-refractivity contribution is -0.114. The minimum atomic E-state index is -1.37. The summed E-state index contributed by atoms with van der Waals surface area (Å²) in [5, 5.41) is 32.7. The van der Waals surface area contributed by atoms with Crippen molar-refractivity contribution in [1.29, 1.82) is 0 Å². The Kier molecular flexibility index (Phi) is 4.63. The Morgan fingerprint density at radius 1 is 1.00 bits per heavy atom. The second-order valence-electron chi connectivity index (χ2n) is 7.32. The van der Waals surface area contributed by atoms with Crippen LogP contribution < -0.4 is 5.32 Å². The summed E-state index contributed by atoms with van der Waals surface area (Å²) in [5.41, 5.74) is 3.64. The van der Waals surface area contributed by atoms with Gasteiger partial charge in [0.15, 0.2) is 11.6 Å². The number of piperidine rings is 1. The van der Waals surface area contributed by atoms with E-state index in [1.165, 1.54) is 6.08 Å². The smallest absolute Gasteiger partial charge is 0.194 e. The van der Waals surface area contributed by atoms with Crippen LogP contribution in [-0.2, 0) is 11.2 Å². The molecule has 2 aromatic carbocycles. The first kappa shape index (κ1) is 18.6. The maximum atomic E-state index is 12.8. The number of aliphatic hydroxyl groups excluding tert-OH is 3. The molecule has 0 aromatic heterocycles. The van der Waals surface area contributed by atoms with Crippen LogP contribution >= 0.6 is 0 Å². The standard InChI is InChI=1S/C22H21NO5/c1-11-19(25)22(28)21(27)17(23-11)10-13(24)9-12-5-4-8-15-14-6-2-3-7-16(14)20(26)18(12)15/h2-8,10-11,19,21-23,25,27-28H,9H2,1H3/t11-,19+,21+,22+/m0/s1. The molecule has 4 rings (SSSR count). The molecule has 1 heterocycles. The maximum Gasteiger partial charge on any atom is 0.194 e. The summed E-state index contributed by atoms with van der Waals surface area (Å²) in [4.78, 5) is 25.4. The van der Waals surface area contributed by atoms with Crippen LogP contribution in [0.5, 0.6) is 0 Å². The third-order valence-electron chi connectivity index (χ3n) is 5.42. The van der Waals surface area contributed by atoms with E-state index in [2.05, 4.69) is 5.32 Å². The average molecular weight is 379 g/mol. The van der Waals surface area contributed by atoms with E-state index in [-0.39, 0.29) is 23.7 Å². The highest BCUT2D eigenvalue weighted by atomic mass is 16.4. The fraction of sp³-hybridized carbons (Fsp3) is 0.273. The third-order valence-corrected chi connectivity index (χ3v) is 5.42. The molecule has 4 atom stereocenters. The van der Waals surface area contributed by atoms with Gasteiger partial charge in [-0.15, -0.1) is 0 Å². The van der Waals surface area contributed by atoms with E-state index in [4.69, 9.17) is 0 Å². The summed E-state index contributed by atoms with van der Waals surface area (Å²) in [6.07, 6.45) is -2.64. The SMILES string of the molecule is C[C@@H]1NC(=CC(=O)Cc2cccc3c2C(=O)c2ccccc2-3)[C@@H](O)[C@H](O)[C@@H]1O. The number of allylic oxidation sites excluding steroid dienone is 1. The Balaban J connectivity index is 1.62. The summed E-state index contributed by atoms with van der Waals surface area (Å²) < 4.78 is 0. The molecule has 1 saturated heterocycles. The van der Waals surface area contributed by atoms with E-state index >= 15 is 0 Å². The Labute approximate surface area is 162 Å². The Bertz CT molecular complexity index is 996. The average Bonchev–Trinajstić information content (AvgIpc) is 2.98. The zero-order valence-corrected chi connectivity index (χ0v) is 15.3. The lowest BCUT2D eigenvalue weighted by atomic mass is 9.92. The first-order valence-corrected chi connectivity index (χ1v) is 9.19. The minimum absolute atomic E-state index is 0.00612. The maximum absolute atomic E-state index is 12.8. The van der Waals surface area contributed by atoms with Crippen LogP contribution in [0.1, 0.15) is 28.4 Å². The Hall–Kier alpha value is -2.80. The van der Waals surface area contributed by atoms with Gasteiger partial charge in [0.1, 0.15) is 18.3 Å². The molecule has 2 aliphatic rings. The van der Waals surface area contributed by atoms with Gasteiger partial charge in [-0.05, 0) is 23.6 Å². The van der Waals surface area contributed by atoms with E-state index in [0.29, 0.717) is 16.7 Å². The van der Waals surface area contributed by atoms with Crippen molar-refractivity contribution in [2.45, 2.75) is 37.7 Å². The van der Waals surface area contributed by atoms with E-state index in [0.717, 1.165) is 11.1 Å². The highest BCUT2D eigenvalue weighted by Crippen LogP contribution is 2.38. The molecule has 0 amide bonds. The van der Waals surface area contributed by atoms with Crippen LogP contribution in [0.25, 0.3) is 11.1 Å². The van der Waals surface area contributed by atoms with Crippen LogP contribution in [0.15, 0.2) is 54.2 Å². The van der Waals surface area contributed by atoms with Crippen molar-refractivity contribution in [3.8, 4) is 11.1 Å². The third kappa shape index (κ3) is 2.96. The summed E-state index contributed by atoms with van der Waals surface area (Å²) >= 11 is 0. The Morgan fingerprint density at radius 3 is 2.43 bits per heavy atom. The molecule has 6 heteroatoms. The van der Waals surface area contributed by atoms with Gasteiger partial charge in [0.05, 0.1) is 6.04 Å².